The lowest BCUT2D eigenvalue weighted by Crippen LogP contribution is -1.99. The lowest BCUT2D eigenvalue weighted by Gasteiger charge is -2.05. The fourth-order valence-electron chi connectivity index (χ4n) is 1.53. The molecule has 0 radical (unpaired) electrons. The van der Waals surface area contributed by atoms with Crippen LogP contribution in [0.4, 0.5) is 4.39 Å². The Morgan fingerprint density at radius 2 is 1.62 bits per heavy atom. The summed E-state index contributed by atoms with van der Waals surface area (Å²) in [6.07, 6.45) is 0. The zero-order valence-electron chi connectivity index (χ0n) is 8.58. The SMILES string of the molecule is NCc1ccc(-c2ccc(Br)cc2)cc1F. The van der Waals surface area contributed by atoms with E-state index in [2.05, 4.69) is 15.9 Å². The average Bonchev–Trinajstić information content (AvgIpc) is 2.30. The molecule has 0 fully saturated rings. The lowest BCUT2D eigenvalue weighted by atomic mass is 10.0. The van der Waals surface area contributed by atoms with E-state index in [1.54, 1.807) is 6.07 Å². The second-order valence-electron chi connectivity index (χ2n) is 3.52. The first-order chi connectivity index (χ1) is 7.70. The van der Waals surface area contributed by atoms with E-state index in [1.807, 2.05) is 30.3 Å². The molecule has 0 unspecified atom stereocenters. The summed E-state index contributed by atoms with van der Waals surface area (Å²) in [4.78, 5) is 0. The zero-order chi connectivity index (χ0) is 11.5. The minimum Gasteiger partial charge on any atom is -0.326 e. The number of halogens is 2. The van der Waals surface area contributed by atoms with Crippen LogP contribution in [-0.4, -0.2) is 0 Å². The van der Waals surface area contributed by atoms with Crippen molar-refractivity contribution < 1.29 is 4.39 Å². The molecule has 0 bridgehead atoms. The fraction of sp³-hybridized carbons (Fsp3) is 0.0769. The predicted molar refractivity (Wildman–Crippen MR) is 67.4 cm³/mol. The van der Waals surface area contributed by atoms with Crippen LogP contribution in [0.5, 0.6) is 0 Å². The summed E-state index contributed by atoms with van der Waals surface area (Å²) < 4.78 is 14.5. The van der Waals surface area contributed by atoms with E-state index in [9.17, 15) is 4.39 Å². The average molecular weight is 280 g/mol. The predicted octanol–water partition coefficient (Wildman–Crippen LogP) is 3.71. The van der Waals surface area contributed by atoms with Crippen LogP contribution in [0, 0.1) is 5.82 Å². The van der Waals surface area contributed by atoms with Gasteiger partial charge >= 0.3 is 0 Å². The third-order valence-electron chi connectivity index (χ3n) is 2.45. The van der Waals surface area contributed by atoms with Crippen molar-refractivity contribution in [2.45, 2.75) is 6.54 Å². The van der Waals surface area contributed by atoms with Crippen molar-refractivity contribution in [3.63, 3.8) is 0 Å². The molecule has 1 nitrogen and oxygen atoms in total. The Balaban J connectivity index is 2.41. The summed E-state index contributed by atoms with van der Waals surface area (Å²) in [7, 11) is 0. The van der Waals surface area contributed by atoms with Crippen LogP contribution in [-0.2, 0) is 6.54 Å². The maximum absolute atomic E-state index is 13.5. The molecular weight excluding hydrogens is 269 g/mol. The Hall–Kier alpha value is -1.19. The maximum atomic E-state index is 13.5. The van der Waals surface area contributed by atoms with Gasteiger partial charge in [0.05, 0.1) is 0 Å². The molecule has 0 aliphatic rings. The second-order valence-corrected chi connectivity index (χ2v) is 4.43. The van der Waals surface area contributed by atoms with Gasteiger partial charge in [-0.1, -0.05) is 40.2 Å². The van der Waals surface area contributed by atoms with Crippen LogP contribution in [0.25, 0.3) is 11.1 Å². The van der Waals surface area contributed by atoms with Gasteiger partial charge in [0, 0.05) is 16.6 Å². The van der Waals surface area contributed by atoms with Gasteiger partial charge in [-0.2, -0.15) is 0 Å². The molecule has 0 atom stereocenters. The standard InChI is InChI=1S/C13H11BrFN/c14-12-5-3-9(4-6-12)10-1-2-11(8-16)13(15)7-10/h1-7H,8,16H2. The summed E-state index contributed by atoms with van der Waals surface area (Å²) >= 11 is 3.36. The van der Waals surface area contributed by atoms with Gasteiger partial charge in [-0.05, 0) is 29.3 Å². The van der Waals surface area contributed by atoms with Crippen molar-refractivity contribution in [3.8, 4) is 11.1 Å². The molecule has 0 saturated heterocycles. The Kier molecular flexibility index (Phi) is 3.36. The number of rotatable bonds is 2. The topological polar surface area (TPSA) is 26.0 Å². The Labute approximate surface area is 102 Å². The van der Waals surface area contributed by atoms with E-state index >= 15 is 0 Å². The molecule has 0 amide bonds. The van der Waals surface area contributed by atoms with Gasteiger partial charge in [-0.3, -0.25) is 0 Å². The van der Waals surface area contributed by atoms with Gasteiger partial charge in [-0.25, -0.2) is 4.39 Å². The third kappa shape index (κ3) is 2.31. The number of hydrogen-bond acceptors (Lipinski definition) is 1. The smallest absolute Gasteiger partial charge is 0.128 e. The highest BCUT2D eigenvalue weighted by Crippen LogP contribution is 2.23. The molecule has 2 aromatic carbocycles. The van der Waals surface area contributed by atoms with Crippen molar-refractivity contribution >= 4 is 15.9 Å². The summed E-state index contributed by atoms with van der Waals surface area (Å²) in [6.45, 7) is 0.229. The Morgan fingerprint density at radius 3 is 2.19 bits per heavy atom. The van der Waals surface area contributed by atoms with E-state index < -0.39 is 0 Å². The molecule has 2 N–H and O–H groups in total. The van der Waals surface area contributed by atoms with Crippen LogP contribution in [0.3, 0.4) is 0 Å². The summed E-state index contributed by atoms with van der Waals surface area (Å²) in [5.74, 6) is -0.247. The fourth-order valence-corrected chi connectivity index (χ4v) is 1.80. The van der Waals surface area contributed by atoms with Crippen LogP contribution in [0.2, 0.25) is 0 Å². The molecule has 3 heteroatoms. The highest BCUT2D eigenvalue weighted by Gasteiger charge is 2.03. The van der Waals surface area contributed by atoms with E-state index in [0.717, 1.165) is 15.6 Å². The number of hydrogen-bond donors (Lipinski definition) is 1. The number of nitrogens with two attached hydrogens (primary N) is 1. The first-order valence-corrected chi connectivity index (χ1v) is 5.74. The molecule has 0 aliphatic heterocycles. The molecule has 0 spiro atoms. The molecule has 0 aromatic heterocycles. The Morgan fingerprint density at radius 1 is 1.00 bits per heavy atom. The van der Waals surface area contributed by atoms with Crippen LogP contribution < -0.4 is 5.73 Å². The van der Waals surface area contributed by atoms with Crippen LogP contribution in [0.15, 0.2) is 46.9 Å². The van der Waals surface area contributed by atoms with Crippen molar-refractivity contribution in [3.05, 3.63) is 58.3 Å². The lowest BCUT2D eigenvalue weighted by molar-refractivity contribution is 0.611. The van der Waals surface area contributed by atoms with Crippen LogP contribution >= 0.6 is 15.9 Å². The highest BCUT2D eigenvalue weighted by molar-refractivity contribution is 9.10. The first-order valence-electron chi connectivity index (χ1n) is 4.95. The molecule has 2 aromatic rings. The molecule has 0 saturated carbocycles. The van der Waals surface area contributed by atoms with Crippen molar-refractivity contribution in [1.82, 2.24) is 0 Å². The largest absolute Gasteiger partial charge is 0.326 e. The second kappa shape index (κ2) is 4.76. The molecule has 0 heterocycles. The molecule has 82 valence electrons. The third-order valence-corrected chi connectivity index (χ3v) is 2.98. The molecular formula is C13H11BrFN. The van der Waals surface area contributed by atoms with Crippen LogP contribution in [0.1, 0.15) is 5.56 Å². The molecule has 0 aliphatic carbocycles. The summed E-state index contributed by atoms with van der Waals surface area (Å²) in [5, 5.41) is 0. The number of benzene rings is 2. The van der Waals surface area contributed by atoms with Crippen molar-refractivity contribution in [2.24, 2.45) is 5.73 Å². The minimum absolute atomic E-state index is 0.229. The van der Waals surface area contributed by atoms with E-state index in [0.29, 0.717) is 5.56 Å². The quantitative estimate of drug-likeness (QED) is 0.891. The summed E-state index contributed by atoms with van der Waals surface area (Å²) in [5.41, 5.74) is 7.81. The van der Waals surface area contributed by atoms with Crippen molar-refractivity contribution in [1.29, 1.82) is 0 Å². The van der Waals surface area contributed by atoms with Gasteiger partial charge < -0.3 is 5.73 Å². The summed E-state index contributed by atoms with van der Waals surface area (Å²) in [6, 6.07) is 12.9. The first kappa shape index (κ1) is 11.3. The monoisotopic (exact) mass is 279 g/mol. The van der Waals surface area contributed by atoms with Crippen molar-refractivity contribution in [2.75, 3.05) is 0 Å². The zero-order valence-corrected chi connectivity index (χ0v) is 10.2. The van der Waals surface area contributed by atoms with Gasteiger partial charge in [0.2, 0.25) is 0 Å². The maximum Gasteiger partial charge on any atom is 0.128 e. The van der Waals surface area contributed by atoms with E-state index in [-0.39, 0.29) is 12.4 Å². The normalized spacial score (nSPS) is 10.4. The van der Waals surface area contributed by atoms with Gasteiger partial charge in [0.1, 0.15) is 5.82 Å². The van der Waals surface area contributed by atoms with Gasteiger partial charge in [0.25, 0.3) is 0 Å². The molecule has 2 rings (SSSR count). The van der Waals surface area contributed by atoms with Gasteiger partial charge in [-0.15, -0.1) is 0 Å². The highest BCUT2D eigenvalue weighted by atomic mass is 79.9. The Bertz CT molecular complexity index is 494. The van der Waals surface area contributed by atoms with Gasteiger partial charge in [0.15, 0.2) is 0 Å². The van der Waals surface area contributed by atoms with E-state index in [4.69, 9.17) is 5.73 Å². The molecule has 16 heavy (non-hydrogen) atoms. The van der Waals surface area contributed by atoms with E-state index in [1.165, 1.54) is 6.07 Å². The minimum atomic E-state index is -0.247.